The van der Waals surface area contributed by atoms with Gasteiger partial charge in [-0.3, -0.25) is 19.2 Å². The summed E-state index contributed by atoms with van der Waals surface area (Å²) in [5, 5.41) is 33.3. The molecule has 3 aliphatic carbocycles. The highest BCUT2D eigenvalue weighted by atomic mass is 16.3. The third-order valence-electron chi connectivity index (χ3n) is 7.88. The van der Waals surface area contributed by atoms with Gasteiger partial charge in [-0.2, -0.15) is 0 Å². The van der Waals surface area contributed by atoms with Crippen LogP contribution >= 0.6 is 0 Å². The number of fused-ring (bicyclic) bond motifs is 3. The maximum Gasteiger partial charge on any atom is 0.205 e. The van der Waals surface area contributed by atoms with Gasteiger partial charge in [-0.05, 0) is 74.8 Å². The summed E-state index contributed by atoms with van der Waals surface area (Å²) in [5.41, 5.74) is 0.473. The molecule has 3 atom stereocenters. The van der Waals surface area contributed by atoms with Crippen LogP contribution in [0, 0.1) is 11.8 Å². The van der Waals surface area contributed by atoms with E-state index in [2.05, 4.69) is 0 Å². The quantitative estimate of drug-likeness (QED) is 0.441. The Hall–Kier alpha value is -3.84. The highest BCUT2D eigenvalue weighted by Crippen LogP contribution is 2.52. The monoisotopic (exact) mass is 486 g/mol. The number of carbonyl (C=O) groups is 4. The van der Waals surface area contributed by atoms with Crippen LogP contribution in [-0.2, 0) is 16.0 Å². The highest BCUT2D eigenvalue weighted by molar-refractivity contribution is 6.25. The van der Waals surface area contributed by atoms with Gasteiger partial charge in [-0.1, -0.05) is 29.8 Å². The molecule has 0 heterocycles. The molecule has 0 fully saturated rings. The minimum atomic E-state index is -2.36. The lowest BCUT2D eigenvalue weighted by Crippen LogP contribution is -2.56. The molecule has 5 rings (SSSR count). The molecule has 2 aromatic rings. The summed E-state index contributed by atoms with van der Waals surface area (Å²) in [6, 6.07) is 10.1. The number of phenolic OH excluding ortho intramolecular Hbond substituents is 1. The Balaban J connectivity index is 1.68. The molecule has 3 aliphatic rings. The number of Topliss-reactive ketones (excluding diaryl/α,β-unsaturated/α-hetero) is 4. The van der Waals surface area contributed by atoms with Gasteiger partial charge >= 0.3 is 0 Å². The number of aliphatic hydroxyl groups is 2. The summed E-state index contributed by atoms with van der Waals surface area (Å²) in [6.45, 7) is 4.38. The maximum absolute atomic E-state index is 13.7. The first-order valence-corrected chi connectivity index (χ1v) is 11.9. The molecule has 7 heteroatoms. The van der Waals surface area contributed by atoms with Crippen LogP contribution in [0.3, 0.4) is 0 Å². The molecule has 0 aromatic heterocycles. The number of hydrogen-bond acceptors (Lipinski definition) is 7. The molecule has 3 N–H and O–H groups in total. The lowest BCUT2D eigenvalue weighted by molar-refractivity contribution is -0.143. The molecule has 0 saturated carbocycles. The van der Waals surface area contributed by atoms with Gasteiger partial charge in [0.1, 0.15) is 11.5 Å². The zero-order valence-electron chi connectivity index (χ0n) is 20.2. The number of aromatic hydroxyl groups is 1. The van der Waals surface area contributed by atoms with Crippen molar-refractivity contribution >= 4 is 23.1 Å². The summed E-state index contributed by atoms with van der Waals surface area (Å²) in [7, 11) is 0. The molecular weight excluding hydrogens is 460 g/mol. The Kier molecular flexibility index (Phi) is 5.37. The molecule has 0 spiro atoms. The topological polar surface area (TPSA) is 129 Å². The van der Waals surface area contributed by atoms with Crippen LogP contribution in [0.4, 0.5) is 0 Å². The number of rotatable bonds is 3. The molecule has 0 aliphatic heterocycles. The van der Waals surface area contributed by atoms with Crippen LogP contribution in [0.25, 0.3) is 11.1 Å². The molecule has 0 bridgehead atoms. The minimum Gasteiger partial charge on any atom is -0.508 e. The van der Waals surface area contributed by atoms with E-state index in [0.29, 0.717) is 27.8 Å². The molecule has 0 amide bonds. The molecule has 0 radical (unpaired) electrons. The summed E-state index contributed by atoms with van der Waals surface area (Å²) in [4.78, 5) is 51.0. The molecule has 0 unspecified atom stereocenters. The third kappa shape index (κ3) is 3.23. The zero-order chi connectivity index (χ0) is 26.1. The van der Waals surface area contributed by atoms with Crippen molar-refractivity contribution in [3.63, 3.8) is 0 Å². The normalized spacial score (nSPS) is 25.3. The number of aliphatic hydroxyl groups excluding tert-OH is 1. The first-order valence-electron chi connectivity index (χ1n) is 11.9. The Morgan fingerprint density at radius 1 is 1.00 bits per heavy atom. The fourth-order valence-corrected chi connectivity index (χ4v) is 6.20. The van der Waals surface area contributed by atoms with Gasteiger partial charge in [0.2, 0.25) is 5.78 Å². The Morgan fingerprint density at radius 2 is 1.72 bits per heavy atom. The van der Waals surface area contributed by atoms with Crippen LogP contribution in [0.1, 0.15) is 59.9 Å². The van der Waals surface area contributed by atoms with E-state index in [1.54, 1.807) is 31.2 Å². The Bertz CT molecular complexity index is 1460. The predicted octanol–water partition coefficient (Wildman–Crippen LogP) is 4.06. The number of carbonyl (C=O) groups excluding carboxylic acids is 4. The average Bonchev–Trinajstić information content (AvgIpc) is 2.81. The zero-order valence-corrected chi connectivity index (χ0v) is 20.2. The molecule has 0 saturated heterocycles. The smallest absolute Gasteiger partial charge is 0.205 e. The standard InChI is InChI=1S/C29H26O7/c1-13-9-19-11-18-12-21-20(17-6-4-5-16(10-17)14(2)30)7-8-22(32)25(21)26(33)24(18)28(35)29(19,36)27(34)23(13)15(3)31/h4-8,10,18-19,32,35-36H,9,11-12H2,1-3H3/t18-,19-,29-/m0/s1. The maximum atomic E-state index is 13.7. The lowest BCUT2D eigenvalue weighted by atomic mass is 9.59. The average molecular weight is 487 g/mol. The SMILES string of the molecule is CC(=O)C1=C(C)C[C@H]2C[C@H]3Cc4c(-c5cccc(C(C)=O)c5)ccc(O)c4C(=O)C3=C(O)[C@@]2(O)C1=O. The van der Waals surface area contributed by atoms with Gasteiger partial charge in [-0.25, -0.2) is 0 Å². The van der Waals surface area contributed by atoms with E-state index < -0.39 is 40.5 Å². The summed E-state index contributed by atoms with van der Waals surface area (Å²) >= 11 is 0. The van der Waals surface area contributed by atoms with Gasteiger partial charge in [0, 0.05) is 17.1 Å². The Morgan fingerprint density at radius 3 is 2.39 bits per heavy atom. The first-order chi connectivity index (χ1) is 17.0. The van der Waals surface area contributed by atoms with Crippen LogP contribution in [-0.4, -0.2) is 44.1 Å². The summed E-state index contributed by atoms with van der Waals surface area (Å²) < 4.78 is 0. The molecule has 2 aromatic carbocycles. The van der Waals surface area contributed by atoms with E-state index in [4.69, 9.17) is 0 Å². The second kappa shape index (κ2) is 8.10. The van der Waals surface area contributed by atoms with Crippen molar-refractivity contribution in [2.45, 2.75) is 45.6 Å². The number of allylic oxidation sites excluding steroid dienone is 2. The van der Waals surface area contributed by atoms with E-state index in [9.17, 15) is 34.5 Å². The van der Waals surface area contributed by atoms with E-state index in [0.717, 1.165) is 0 Å². The fraction of sp³-hybridized carbons (Fsp3) is 0.310. The number of phenols is 1. The van der Waals surface area contributed by atoms with Gasteiger partial charge in [-0.15, -0.1) is 0 Å². The minimum absolute atomic E-state index is 0.00218. The van der Waals surface area contributed by atoms with Crippen molar-refractivity contribution in [1.82, 2.24) is 0 Å². The van der Waals surface area contributed by atoms with Gasteiger partial charge in [0.05, 0.1) is 11.1 Å². The second-order valence-corrected chi connectivity index (χ2v) is 10.1. The van der Waals surface area contributed by atoms with Crippen LogP contribution in [0.2, 0.25) is 0 Å². The van der Waals surface area contributed by atoms with Crippen molar-refractivity contribution < 1.29 is 34.5 Å². The summed E-state index contributed by atoms with van der Waals surface area (Å²) in [6.07, 6.45) is 0.773. The van der Waals surface area contributed by atoms with Crippen molar-refractivity contribution in [2.75, 3.05) is 0 Å². The second-order valence-electron chi connectivity index (χ2n) is 10.1. The number of benzene rings is 2. The van der Waals surface area contributed by atoms with Crippen LogP contribution in [0.15, 0.2) is 58.9 Å². The van der Waals surface area contributed by atoms with Crippen molar-refractivity contribution in [3.05, 3.63) is 75.6 Å². The summed E-state index contributed by atoms with van der Waals surface area (Å²) in [5.74, 6) is -4.33. The first kappa shape index (κ1) is 23.9. The Labute approximate surface area is 207 Å². The largest absolute Gasteiger partial charge is 0.508 e. The molecule has 7 nitrogen and oxygen atoms in total. The van der Waals surface area contributed by atoms with E-state index in [-0.39, 0.29) is 47.5 Å². The van der Waals surface area contributed by atoms with Crippen molar-refractivity contribution in [3.8, 4) is 16.9 Å². The molecule has 36 heavy (non-hydrogen) atoms. The lowest BCUT2D eigenvalue weighted by Gasteiger charge is -2.46. The van der Waals surface area contributed by atoms with Crippen LogP contribution < -0.4 is 0 Å². The highest BCUT2D eigenvalue weighted by Gasteiger charge is 2.58. The van der Waals surface area contributed by atoms with Crippen molar-refractivity contribution in [2.24, 2.45) is 11.8 Å². The van der Waals surface area contributed by atoms with Gasteiger partial charge in [0.15, 0.2) is 23.0 Å². The molecule has 184 valence electrons. The fourth-order valence-electron chi connectivity index (χ4n) is 6.20. The van der Waals surface area contributed by atoms with Gasteiger partial charge in [0.25, 0.3) is 0 Å². The van der Waals surface area contributed by atoms with Gasteiger partial charge < -0.3 is 15.3 Å². The number of ketones is 4. The third-order valence-corrected chi connectivity index (χ3v) is 7.88. The van der Waals surface area contributed by atoms with Crippen LogP contribution in [0.5, 0.6) is 5.75 Å². The molecular formula is C29H26O7. The van der Waals surface area contributed by atoms with E-state index in [1.165, 1.54) is 19.9 Å². The predicted molar refractivity (Wildman–Crippen MR) is 131 cm³/mol. The van der Waals surface area contributed by atoms with E-state index >= 15 is 0 Å². The van der Waals surface area contributed by atoms with E-state index in [1.807, 2.05) is 6.07 Å². The van der Waals surface area contributed by atoms with Crippen molar-refractivity contribution in [1.29, 1.82) is 0 Å². The number of hydrogen-bond donors (Lipinski definition) is 3.